The van der Waals surface area contributed by atoms with Gasteiger partial charge in [-0.25, -0.2) is 13.2 Å². The van der Waals surface area contributed by atoms with Crippen LogP contribution in [0.3, 0.4) is 0 Å². The number of rotatable bonds is 8. The second kappa shape index (κ2) is 10.5. The monoisotopic (exact) mass is 484 g/mol. The Kier molecular flexibility index (Phi) is 7.78. The first-order valence-electron chi connectivity index (χ1n) is 9.96. The van der Waals surface area contributed by atoms with Crippen molar-refractivity contribution in [3.05, 3.63) is 83.9 Å². The summed E-state index contributed by atoms with van der Waals surface area (Å²) >= 11 is 1.51. The van der Waals surface area contributed by atoms with E-state index in [1.165, 1.54) is 43.1 Å². The van der Waals surface area contributed by atoms with Crippen LogP contribution in [0, 0.1) is 6.92 Å². The van der Waals surface area contributed by atoms with E-state index in [1.807, 2.05) is 13.2 Å². The summed E-state index contributed by atoms with van der Waals surface area (Å²) < 4.78 is 32.6. The number of nitrogens with zero attached hydrogens (tertiary/aromatic N) is 1. The molecule has 0 heterocycles. The summed E-state index contributed by atoms with van der Waals surface area (Å²) in [5.41, 5.74) is 2.12. The van der Waals surface area contributed by atoms with Crippen LogP contribution in [0.2, 0.25) is 0 Å². The number of benzene rings is 3. The lowest BCUT2D eigenvalue weighted by atomic mass is 10.2. The lowest BCUT2D eigenvalue weighted by molar-refractivity contribution is -0.114. The van der Waals surface area contributed by atoms with Crippen molar-refractivity contribution in [2.45, 2.75) is 16.7 Å². The number of hydrogen-bond donors (Lipinski definition) is 1. The molecule has 0 fully saturated rings. The molecule has 0 saturated carbocycles. The fraction of sp³-hybridized carbons (Fsp3) is 0.167. The molecule has 0 atom stereocenters. The zero-order valence-corrected chi connectivity index (χ0v) is 20.1. The van der Waals surface area contributed by atoms with Gasteiger partial charge in [0.1, 0.15) is 6.54 Å². The smallest absolute Gasteiger partial charge is 0.337 e. The van der Waals surface area contributed by atoms with E-state index in [1.54, 1.807) is 48.5 Å². The highest BCUT2D eigenvalue weighted by Crippen LogP contribution is 2.26. The molecule has 0 saturated heterocycles. The molecule has 0 aliphatic rings. The van der Waals surface area contributed by atoms with Crippen LogP contribution >= 0.6 is 11.8 Å². The summed E-state index contributed by atoms with van der Waals surface area (Å²) in [6, 6.07) is 19.6. The minimum Gasteiger partial charge on any atom is -0.465 e. The predicted octanol–water partition coefficient (Wildman–Crippen LogP) is 4.34. The first kappa shape index (κ1) is 24.3. The van der Waals surface area contributed by atoms with Crippen LogP contribution in [0.1, 0.15) is 15.9 Å². The third-order valence-corrected chi connectivity index (χ3v) is 7.38. The quantitative estimate of drug-likeness (QED) is 0.378. The third kappa shape index (κ3) is 5.94. The highest BCUT2D eigenvalue weighted by Gasteiger charge is 2.27. The number of carbonyl (C=O) groups is 2. The van der Waals surface area contributed by atoms with Gasteiger partial charge >= 0.3 is 5.97 Å². The van der Waals surface area contributed by atoms with Crippen LogP contribution < -0.4 is 9.62 Å². The minimum atomic E-state index is -4.00. The lowest BCUT2D eigenvalue weighted by Gasteiger charge is -2.24. The van der Waals surface area contributed by atoms with Crippen LogP contribution in [0.25, 0.3) is 0 Å². The van der Waals surface area contributed by atoms with Gasteiger partial charge in [0, 0.05) is 10.6 Å². The van der Waals surface area contributed by atoms with Gasteiger partial charge in [-0.05, 0) is 73.8 Å². The second-order valence-corrected chi connectivity index (χ2v) is 9.88. The molecular formula is C24H24N2O5S2. The average molecular weight is 485 g/mol. The molecule has 0 spiro atoms. The van der Waals surface area contributed by atoms with Gasteiger partial charge in [0.05, 0.1) is 23.3 Å². The van der Waals surface area contributed by atoms with Gasteiger partial charge in [-0.2, -0.15) is 0 Å². The number of aryl methyl sites for hydroxylation is 1. The summed E-state index contributed by atoms with van der Waals surface area (Å²) in [7, 11) is -2.71. The summed E-state index contributed by atoms with van der Waals surface area (Å²) in [6.07, 6.45) is 1.91. The highest BCUT2D eigenvalue weighted by molar-refractivity contribution is 7.98. The maximum Gasteiger partial charge on any atom is 0.337 e. The van der Waals surface area contributed by atoms with Crippen molar-refractivity contribution in [1.82, 2.24) is 0 Å². The van der Waals surface area contributed by atoms with Gasteiger partial charge in [-0.1, -0.05) is 17.7 Å². The molecule has 7 nitrogen and oxygen atoms in total. The fourth-order valence-electron chi connectivity index (χ4n) is 3.04. The topological polar surface area (TPSA) is 92.8 Å². The number of hydrogen-bond acceptors (Lipinski definition) is 6. The summed E-state index contributed by atoms with van der Waals surface area (Å²) in [5, 5.41) is 2.68. The van der Waals surface area contributed by atoms with Crippen molar-refractivity contribution in [3.8, 4) is 0 Å². The molecule has 0 aromatic heterocycles. The van der Waals surface area contributed by atoms with Gasteiger partial charge in [0.25, 0.3) is 10.0 Å². The van der Waals surface area contributed by atoms with E-state index in [2.05, 4.69) is 10.1 Å². The summed E-state index contributed by atoms with van der Waals surface area (Å²) in [4.78, 5) is 25.4. The highest BCUT2D eigenvalue weighted by atomic mass is 32.2. The summed E-state index contributed by atoms with van der Waals surface area (Å²) in [5.74, 6) is -1.01. The number of anilines is 2. The molecular weight excluding hydrogens is 460 g/mol. The average Bonchev–Trinajstić information content (AvgIpc) is 2.83. The second-order valence-electron chi connectivity index (χ2n) is 7.14. The van der Waals surface area contributed by atoms with Crippen LogP contribution in [0.4, 0.5) is 11.4 Å². The maximum absolute atomic E-state index is 13.4. The molecule has 9 heteroatoms. The molecule has 1 amide bonds. The van der Waals surface area contributed by atoms with Crippen molar-refractivity contribution in [1.29, 1.82) is 0 Å². The zero-order chi connectivity index (χ0) is 24.0. The molecule has 3 aromatic carbocycles. The number of carbonyl (C=O) groups excluding carboxylic acids is 2. The number of amides is 1. The van der Waals surface area contributed by atoms with Crippen molar-refractivity contribution in [2.24, 2.45) is 0 Å². The van der Waals surface area contributed by atoms with Crippen LogP contribution in [0.15, 0.2) is 82.6 Å². The van der Waals surface area contributed by atoms with Crippen molar-refractivity contribution < 1.29 is 22.7 Å². The Bertz CT molecular complexity index is 1220. The fourth-order valence-corrected chi connectivity index (χ4v) is 4.87. The Morgan fingerprint density at radius 1 is 0.939 bits per heavy atom. The Hall–Kier alpha value is -3.30. The molecule has 0 bridgehead atoms. The van der Waals surface area contributed by atoms with Crippen molar-refractivity contribution in [3.63, 3.8) is 0 Å². The van der Waals surface area contributed by atoms with Crippen LogP contribution in [-0.2, 0) is 19.6 Å². The predicted molar refractivity (Wildman–Crippen MR) is 130 cm³/mol. The van der Waals surface area contributed by atoms with Gasteiger partial charge in [-0.3, -0.25) is 9.10 Å². The number of thioether (sulfide) groups is 1. The van der Waals surface area contributed by atoms with E-state index < -0.39 is 28.4 Å². The first-order valence-corrected chi connectivity index (χ1v) is 12.6. The van der Waals surface area contributed by atoms with Crippen LogP contribution in [0.5, 0.6) is 0 Å². The van der Waals surface area contributed by atoms with E-state index in [-0.39, 0.29) is 4.90 Å². The lowest BCUT2D eigenvalue weighted by Crippen LogP contribution is -2.38. The first-order chi connectivity index (χ1) is 15.7. The standard InChI is InChI=1S/C24H24N2O5S2/c1-17-4-10-20(11-5-17)26(33(29,30)22-14-12-21(32-3)13-15-22)16-23(27)25-19-8-6-18(7-9-19)24(28)31-2/h4-15H,16H2,1-3H3,(H,25,27). The molecule has 3 aromatic rings. The number of ether oxygens (including phenoxy) is 1. The Morgan fingerprint density at radius 2 is 1.55 bits per heavy atom. The molecule has 33 heavy (non-hydrogen) atoms. The Labute approximate surface area is 197 Å². The largest absolute Gasteiger partial charge is 0.465 e. The zero-order valence-electron chi connectivity index (χ0n) is 18.4. The molecule has 3 rings (SSSR count). The Morgan fingerprint density at radius 3 is 2.09 bits per heavy atom. The van der Waals surface area contributed by atoms with Gasteiger partial charge < -0.3 is 10.1 Å². The number of methoxy groups -OCH3 is 1. The molecule has 1 N–H and O–H groups in total. The van der Waals surface area contributed by atoms with E-state index >= 15 is 0 Å². The van der Waals surface area contributed by atoms with E-state index in [0.29, 0.717) is 16.9 Å². The van der Waals surface area contributed by atoms with Crippen molar-refractivity contribution in [2.75, 3.05) is 29.5 Å². The SMILES string of the molecule is COC(=O)c1ccc(NC(=O)CN(c2ccc(C)cc2)S(=O)(=O)c2ccc(SC)cc2)cc1. The van der Waals surface area contributed by atoms with E-state index in [4.69, 9.17) is 0 Å². The van der Waals surface area contributed by atoms with E-state index in [9.17, 15) is 18.0 Å². The molecule has 0 aliphatic heterocycles. The number of sulfonamides is 1. The Balaban J connectivity index is 1.87. The molecule has 172 valence electrons. The number of esters is 1. The molecule has 0 unspecified atom stereocenters. The number of nitrogens with one attached hydrogen (secondary N) is 1. The maximum atomic E-state index is 13.4. The minimum absolute atomic E-state index is 0.0936. The van der Waals surface area contributed by atoms with E-state index in [0.717, 1.165) is 14.8 Å². The summed E-state index contributed by atoms with van der Waals surface area (Å²) in [6.45, 7) is 1.48. The molecule has 0 aliphatic carbocycles. The van der Waals surface area contributed by atoms with Crippen molar-refractivity contribution >= 4 is 45.0 Å². The normalized spacial score (nSPS) is 11.0. The molecule has 0 radical (unpaired) electrons. The van der Waals surface area contributed by atoms with Crippen LogP contribution in [-0.4, -0.2) is 40.2 Å². The third-order valence-electron chi connectivity index (χ3n) is 4.85. The van der Waals surface area contributed by atoms with Gasteiger partial charge in [-0.15, -0.1) is 11.8 Å². The van der Waals surface area contributed by atoms with Gasteiger partial charge in [0.2, 0.25) is 5.91 Å². The van der Waals surface area contributed by atoms with Gasteiger partial charge in [0.15, 0.2) is 0 Å².